The summed E-state index contributed by atoms with van der Waals surface area (Å²) < 4.78 is 8.83. The van der Waals surface area contributed by atoms with Crippen LogP contribution in [0.15, 0.2) is 64.2 Å². The first-order chi connectivity index (χ1) is 19.4. The first kappa shape index (κ1) is 25.8. The largest absolute Gasteiger partial charge is 0.496 e. The summed E-state index contributed by atoms with van der Waals surface area (Å²) >= 11 is 0. The van der Waals surface area contributed by atoms with Gasteiger partial charge in [0.05, 0.1) is 24.7 Å². The lowest BCUT2D eigenvalue weighted by atomic mass is 10.1. The van der Waals surface area contributed by atoms with E-state index >= 15 is 0 Å². The fraction of sp³-hybridized carbons (Fsp3) is 0.333. The molecule has 1 aliphatic heterocycles. The molecule has 10 nitrogen and oxygen atoms in total. The zero-order chi connectivity index (χ0) is 28.0. The van der Waals surface area contributed by atoms with Crippen molar-refractivity contribution in [2.75, 3.05) is 38.2 Å². The Kier molecular flexibility index (Phi) is 6.63. The van der Waals surface area contributed by atoms with E-state index in [1.807, 2.05) is 48.5 Å². The number of aromatic amines is 1. The van der Waals surface area contributed by atoms with Gasteiger partial charge in [-0.2, -0.15) is 0 Å². The van der Waals surface area contributed by atoms with Crippen molar-refractivity contribution >= 4 is 27.8 Å². The van der Waals surface area contributed by atoms with Crippen LogP contribution in [0.4, 0.5) is 5.82 Å². The molecule has 0 atom stereocenters. The minimum atomic E-state index is -0.348. The van der Waals surface area contributed by atoms with E-state index in [2.05, 4.69) is 28.6 Å². The number of rotatable bonds is 6. The number of H-pyrrole nitrogens is 1. The van der Waals surface area contributed by atoms with Gasteiger partial charge >= 0.3 is 5.69 Å². The Morgan fingerprint density at radius 1 is 0.975 bits per heavy atom. The number of methoxy groups -OCH3 is 1. The normalized spacial score (nSPS) is 14.5. The molecule has 3 aromatic heterocycles. The van der Waals surface area contributed by atoms with Crippen LogP contribution in [0.3, 0.4) is 0 Å². The van der Waals surface area contributed by atoms with Crippen molar-refractivity contribution in [3.05, 3.63) is 81.0 Å². The Bertz CT molecular complexity index is 1810. The molecule has 0 amide bonds. The standard InChI is InChI=1S/C30H33N7O3/c1-19(2)35-13-15-36(16-14-35)24-12-8-11-21(31-24)28-32-26-25(29(38)33-28)23(40-4)17-22-27(26)37(30(39)34(22)3)18-20-9-6-5-7-10-20/h5-12,17,19H,13-16,18H2,1-4H3,(H,32,33,38). The molecule has 10 heteroatoms. The zero-order valence-electron chi connectivity index (χ0n) is 23.2. The minimum Gasteiger partial charge on any atom is -0.496 e. The molecule has 0 radical (unpaired) electrons. The number of hydrogen-bond acceptors (Lipinski definition) is 7. The Hall–Kier alpha value is -4.44. The number of imidazole rings is 1. The molecule has 206 valence electrons. The first-order valence-electron chi connectivity index (χ1n) is 13.6. The van der Waals surface area contributed by atoms with E-state index in [1.165, 1.54) is 7.11 Å². The summed E-state index contributed by atoms with van der Waals surface area (Å²) in [7, 11) is 3.23. The quantitative estimate of drug-likeness (QED) is 0.354. The van der Waals surface area contributed by atoms with Crippen molar-refractivity contribution in [3.63, 3.8) is 0 Å². The molecule has 0 bridgehead atoms. The van der Waals surface area contributed by atoms with Crippen molar-refractivity contribution in [2.45, 2.75) is 26.4 Å². The van der Waals surface area contributed by atoms with E-state index in [9.17, 15) is 9.59 Å². The second-order valence-electron chi connectivity index (χ2n) is 10.5. The van der Waals surface area contributed by atoms with Gasteiger partial charge in [-0.05, 0) is 31.5 Å². The van der Waals surface area contributed by atoms with Crippen LogP contribution >= 0.6 is 0 Å². The van der Waals surface area contributed by atoms with Gasteiger partial charge in [-0.3, -0.25) is 18.8 Å². The lowest BCUT2D eigenvalue weighted by Gasteiger charge is -2.37. The van der Waals surface area contributed by atoms with Crippen LogP contribution in [-0.4, -0.2) is 68.3 Å². The fourth-order valence-corrected chi connectivity index (χ4v) is 5.55. The van der Waals surface area contributed by atoms with Crippen molar-refractivity contribution in [1.29, 1.82) is 0 Å². The average Bonchev–Trinajstić information content (AvgIpc) is 3.22. The zero-order valence-corrected chi connectivity index (χ0v) is 23.2. The summed E-state index contributed by atoms with van der Waals surface area (Å²) in [5.41, 5.74) is 2.61. The third-order valence-corrected chi connectivity index (χ3v) is 7.80. The number of benzene rings is 2. The van der Waals surface area contributed by atoms with Gasteiger partial charge in [0.1, 0.15) is 28.2 Å². The number of nitrogens with one attached hydrogen (secondary N) is 1. The fourth-order valence-electron chi connectivity index (χ4n) is 5.55. The number of hydrogen-bond donors (Lipinski definition) is 1. The minimum absolute atomic E-state index is 0.197. The van der Waals surface area contributed by atoms with Crippen LogP contribution in [-0.2, 0) is 13.6 Å². The molecule has 4 heterocycles. The Morgan fingerprint density at radius 3 is 2.42 bits per heavy atom. The maximum atomic E-state index is 13.5. The molecule has 1 N–H and O–H groups in total. The second kappa shape index (κ2) is 10.3. The highest BCUT2D eigenvalue weighted by Gasteiger charge is 2.23. The monoisotopic (exact) mass is 539 g/mol. The van der Waals surface area contributed by atoms with Crippen LogP contribution in [0.5, 0.6) is 5.75 Å². The molecule has 0 aliphatic carbocycles. The van der Waals surface area contributed by atoms with E-state index in [0.717, 1.165) is 37.6 Å². The Labute approximate surface area is 231 Å². The van der Waals surface area contributed by atoms with Crippen LogP contribution in [0.2, 0.25) is 0 Å². The van der Waals surface area contributed by atoms with Gasteiger partial charge in [-0.15, -0.1) is 0 Å². The van der Waals surface area contributed by atoms with Gasteiger partial charge < -0.3 is 14.6 Å². The third-order valence-electron chi connectivity index (χ3n) is 7.80. The van der Waals surface area contributed by atoms with Crippen LogP contribution < -0.4 is 20.9 Å². The molecule has 6 rings (SSSR count). The maximum absolute atomic E-state index is 13.5. The highest BCUT2D eigenvalue weighted by molar-refractivity contribution is 6.05. The van der Waals surface area contributed by atoms with Crippen molar-refractivity contribution < 1.29 is 4.74 Å². The summed E-state index contributed by atoms with van der Waals surface area (Å²) in [6.07, 6.45) is 0. The van der Waals surface area contributed by atoms with Crippen LogP contribution in [0, 0.1) is 0 Å². The molecule has 0 unspecified atom stereocenters. The van der Waals surface area contributed by atoms with Gasteiger partial charge in [-0.25, -0.2) is 14.8 Å². The molecule has 0 saturated carbocycles. The molecular formula is C30H33N7O3. The topological polar surface area (TPSA) is 101 Å². The summed E-state index contributed by atoms with van der Waals surface area (Å²) in [5, 5.41) is 0.298. The van der Waals surface area contributed by atoms with E-state index < -0.39 is 0 Å². The molecule has 1 fully saturated rings. The molecule has 0 spiro atoms. The van der Waals surface area contributed by atoms with Gasteiger partial charge in [0.15, 0.2) is 5.82 Å². The molecular weight excluding hydrogens is 506 g/mol. The van der Waals surface area contributed by atoms with Gasteiger partial charge in [0.25, 0.3) is 5.56 Å². The first-order valence-corrected chi connectivity index (χ1v) is 13.6. The van der Waals surface area contributed by atoms with E-state index in [4.69, 9.17) is 14.7 Å². The number of ether oxygens (including phenoxy) is 1. The van der Waals surface area contributed by atoms with Crippen molar-refractivity contribution in [1.82, 2.24) is 29.0 Å². The predicted molar refractivity (Wildman–Crippen MR) is 157 cm³/mol. The molecule has 2 aromatic carbocycles. The van der Waals surface area contributed by atoms with Gasteiger partial charge in [0, 0.05) is 45.3 Å². The number of pyridine rings is 1. The molecule has 1 saturated heterocycles. The average molecular weight is 540 g/mol. The number of piperazine rings is 1. The smallest absolute Gasteiger partial charge is 0.329 e. The lowest BCUT2D eigenvalue weighted by molar-refractivity contribution is 0.209. The second-order valence-corrected chi connectivity index (χ2v) is 10.5. The van der Waals surface area contributed by atoms with Crippen LogP contribution in [0.1, 0.15) is 19.4 Å². The van der Waals surface area contributed by atoms with Crippen molar-refractivity contribution in [2.24, 2.45) is 7.05 Å². The van der Waals surface area contributed by atoms with Crippen molar-refractivity contribution in [3.8, 4) is 17.3 Å². The summed E-state index contributed by atoms with van der Waals surface area (Å²) in [6.45, 7) is 8.48. The number of aromatic nitrogens is 5. The van der Waals surface area contributed by atoms with Gasteiger partial charge in [-0.1, -0.05) is 36.4 Å². The highest BCUT2D eigenvalue weighted by Crippen LogP contribution is 2.31. The number of anilines is 1. The van der Waals surface area contributed by atoms with E-state index in [-0.39, 0.29) is 11.2 Å². The third kappa shape index (κ3) is 4.44. The van der Waals surface area contributed by atoms with Gasteiger partial charge in [0.2, 0.25) is 0 Å². The maximum Gasteiger partial charge on any atom is 0.329 e. The highest BCUT2D eigenvalue weighted by atomic mass is 16.5. The SMILES string of the molecule is COc1cc2c(c3nc(-c4cccc(N5CCN(C(C)C)CC5)n4)[nH]c(=O)c13)n(Cc1ccccc1)c(=O)n2C. The lowest BCUT2D eigenvalue weighted by Crippen LogP contribution is -2.49. The molecule has 1 aliphatic rings. The Morgan fingerprint density at radius 2 is 1.73 bits per heavy atom. The van der Waals surface area contributed by atoms with E-state index in [1.54, 1.807) is 22.2 Å². The number of aryl methyl sites for hydroxylation is 1. The van der Waals surface area contributed by atoms with Crippen LogP contribution in [0.25, 0.3) is 33.5 Å². The summed E-state index contributed by atoms with van der Waals surface area (Å²) in [6, 6.07) is 17.8. The summed E-state index contributed by atoms with van der Waals surface area (Å²) in [5.74, 6) is 1.55. The summed E-state index contributed by atoms with van der Waals surface area (Å²) in [4.78, 5) is 44.4. The van der Waals surface area contributed by atoms with E-state index in [0.29, 0.717) is 51.8 Å². The number of fused-ring (bicyclic) bond motifs is 3. The molecule has 40 heavy (non-hydrogen) atoms. The Balaban J connectivity index is 1.50. The predicted octanol–water partition coefficient (Wildman–Crippen LogP) is 3.23. The number of nitrogens with zero attached hydrogens (tertiary/aromatic N) is 6. The molecule has 5 aromatic rings.